The van der Waals surface area contributed by atoms with E-state index in [1.54, 1.807) is 48.5 Å². The molecule has 0 radical (unpaired) electrons. The van der Waals surface area contributed by atoms with E-state index in [4.69, 9.17) is 9.47 Å². The van der Waals surface area contributed by atoms with E-state index in [0.29, 0.717) is 12.0 Å². The van der Waals surface area contributed by atoms with Crippen molar-refractivity contribution in [3.63, 3.8) is 0 Å². The Kier molecular flexibility index (Phi) is 12.4. The molecule has 0 aliphatic heterocycles. The maximum atomic E-state index is 14.6. The molecule has 248 valence electrons. The number of hydrogen-bond donors (Lipinski definition) is 2. The van der Waals surface area contributed by atoms with Crippen LogP contribution >= 0.6 is 0 Å². The molecule has 0 aliphatic rings. The number of esters is 1. The largest absolute Gasteiger partial charge is 0.458 e. The molecule has 3 atom stereocenters. The highest BCUT2D eigenvalue weighted by molar-refractivity contribution is 5.94. The summed E-state index contributed by atoms with van der Waals surface area (Å²) in [7, 11) is 0. The molecule has 0 heterocycles. The molecule has 9 nitrogen and oxygen atoms in total. The summed E-state index contributed by atoms with van der Waals surface area (Å²) in [5.41, 5.74) is 0.875. The van der Waals surface area contributed by atoms with Crippen molar-refractivity contribution in [1.29, 1.82) is 0 Å². The van der Waals surface area contributed by atoms with Gasteiger partial charge in [0.15, 0.2) is 0 Å². The van der Waals surface area contributed by atoms with E-state index in [1.165, 1.54) is 4.90 Å². The lowest BCUT2D eigenvalue weighted by atomic mass is 9.89. The first-order valence-corrected chi connectivity index (χ1v) is 15.6. The summed E-state index contributed by atoms with van der Waals surface area (Å²) in [5.74, 6) is -1.58. The van der Waals surface area contributed by atoms with Crippen LogP contribution in [0, 0.1) is 13.8 Å². The van der Waals surface area contributed by atoms with Gasteiger partial charge < -0.3 is 25.0 Å². The van der Waals surface area contributed by atoms with Gasteiger partial charge in [0.2, 0.25) is 11.8 Å². The maximum Gasteiger partial charge on any atom is 0.408 e. The Morgan fingerprint density at radius 1 is 0.800 bits per heavy atom. The normalized spacial score (nSPS) is 14.0. The molecule has 2 aromatic rings. The third kappa shape index (κ3) is 10.9. The summed E-state index contributed by atoms with van der Waals surface area (Å²) < 4.78 is 11.1. The van der Waals surface area contributed by atoms with Gasteiger partial charge in [-0.2, -0.15) is 0 Å². The summed E-state index contributed by atoms with van der Waals surface area (Å²) in [5, 5.41) is 5.60. The van der Waals surface area contributed by atoms with E-state index in [1.807, 2.05) is 83.1 Å². The Bertz CT molecular complexity index is 1340. The first-order chi connectivity index (χ1) is 20.7. The van der Waals surface area contributed by atoms with Crippen LogP contribution in [-0.4, -0.2) is 57.6 Å². The van der Waals surface area contributed by atoms with Crippen molar-refractivity contribution < 1.29 is 28.7 Å². The molecule has 0 aromatic heterocycles. The van der Waals surface area contributed by atoms with Gasteiger partial charge in [0.25, 0.3) is 0 Å². The number of alkyl carbamates (subject to hydrolysis) is 1. The fraction of sp³-hybridized carbons (Fsp3) is 0.556. The van der Waals surface area contributed by atoms with Crippen LogP contribution in [-0.2, 0) is 30.3 Å². The number of hydrogen-bond acceptors (Lipinski definition) is 6. The SMILES string of the molecule is CCC(C)(C)N(C(=O)C(C)NC(=O)OC(C)(C)C)C(C(=O)NC(Cc1ccccc1)C(=O)OC(C)(C)C)c1cccc(C)c1C. The number of aryl methyl sites for hydroxylation is 1. The van der Waals surface area contributed by atoms with Crippen LogP contribution in [0.4, 0.5) is 4.79 Å². The van der Waals surface area contributed by atoms with Crippen LogP contribution in [0.3, 0.4) is 0 Å². The molecule has 0 bridgehead atoms. The second kappa shape index (κ2) is 14.9. The zero-order valence-corrected chi connectivity index (χ0v) is 29.2. The molecule has 3 unspecified atom stereocenters. The topological polar surface area (TPSA) is 114 Å². The molecular formula is C36H53N3O6. The zero-order chi connectivity index (χ0) is 34.3. The highest BCUT2D eigenvalue weighted by Gasteiger charge is 2.43. The van der Waals surface area contributed by atoms with Crippen LogP contribution < -0.4 is 10.6 Å². The van der Waals surface area contributed by atoms with Gasteiger partial charge in [0.1, 0.15) is 29.3 Å². The van der Waals surface area contributed by atoms with E-state index < -0.39 is 58.7 Å². The number of benzene rings is 2. The van der Waals surface area contributed by atoms with Crippen molar-refractivity contribution >= 4 is 23.9 Å². The quantitative estimate of drug-likeness (QED) is 0.282. The summed E-state index contributed by atoms with van der Waals surface area (Å²) >= 11 is 0. The third-order valence-corrected chi connectivity index (χ3v) is 7.60. The highest BCUT2D eigenvalue weighted by atomic mass is 16.6. The fourth-order valence-electron chi connectivity index (χ4n) is 4.83. The number of nitrogens with zero attached hydrogens (tertiary/aromatic N) is 1. The van der Waals surface area contributed by atoms with Gasteiger partial charge in [-0.15, -0.1) is 0 Å². The molecule has 0 fully saturated rings. The number of rotatable bonds is 11. The number of nitrogens with one attached hydrogen (secondary N) is 2. The zero-order valence-electron chi connectivity index (χ0n) is 29.2. The average molecular weight is 624 g/mol. The maximum absolute atomic E-state index is 14.6. The fourth-order valence-corrected chi connectivity index (χ4v) is 4.83. The molecule has 2 N–H and O–H groups in total. The third-order valence-electron chi connectivity index (χ3n) is 7.60. The number of ether oxygens (including phenoxy) is 2. The minimum Gasteiger partial charge on any atom is -0.458 e. The van der Waals surface area contributed by atoms with Crippen LogP contribution in [0.15, 0.2) is 48.5 Å². The Morgan fingerprint density at radius 2 is 1.38 bits per heavy atom. The van der Waals surface area contributed by atoms with Gasteiger partial charge in [-0.05, 0) is 105 Å². The first kappa shape index (κ1) is 37.3. The average Bonchev–Trinajstić information content (AvgIpc) is 2.91. The molecule has 2 rings (SSSR count). The lowest BCUT2D eigenvalue weighted by Gasteiger charge is -2.45. The highest BCUT2D eigenvalue weighted by Crippen LogP contribution is 2.34. The standard InChI is InChI=1S/C36H53N3O6/c1-13-36(11,12)39(31(41)25(4)37-33(43)45-35(8,9)10)29(27-21-17-18-23(2)24(27)3)30(40)38-28(32(42)44-34(5,6)7)22-26-19-15-14-16-20-26/h14-21,25,28-29H,13,22H2,1-12H3,(H,37,43)(H,38,40). The van der Waals surface area contributed by atoms with E-state index >= 15 is 0 Å². The lowest BCUT2D eigenvalue weighted by Crippen LogP contribution is -2.60. The molecular weight excluding hydrogens is 570 g/mol. The van der Waals surface area contributed by atoms with Crippen LogP contribution in [0.2, 0.25) is 0 Å². The van der Waals surface area contributed by atoms with Gasteiger partial charge in [-0.3, -0.25) is 9.59 Å². The van der Waals surface area contributed by atoms with E-state index in [0.717, 1.165) is 16.7 Å². The molecule has 0 spiro atoms. The Balaban J connectivity index is 2.67. The Labute approximate surface area is 269 Å². The number of amides is 3. The van der Waals surface area contributed by atoms with E-state index in [2.05, 4.69) is 10.6 Å². The van der Waals surface area contributed by atoms with Crippen LogP contribution in [0.5, 0.6) is 0 Å². The van der Waals surface area contributed by atoms with Crippen molar-refractivity contribution in [2.45, 2.75) is 131 Å². The monoisotopic (exact) mass is 623 g/mol. The summed E-state index contributed by atoms with van der Waals surface area (Å²) in [4.78, 5) is 56.6. The minimum absolute atomic E-state index is 0.197. The van der Waals surface area contributed by atoms with Gasteiger partial charge >= 0.3 is 12.1 Å². The van der Waals surface area contributed by atoms with Gasteiger partial charge in [-0.1, -0.05) is 55.5 Å². The molecule has 0 saturated heterocycles. The van der Waals surface area contributed by atoms with Gasteiger partial charge in [-0.25, -0.2) is 9.59 Å². The van der Waals surface area contributed by atoms with Gasteiger partial charge in [0, 0.05) is 12.0 Å². The van der Waals surface area contributed by atoms with Gasteiger partial charge in [0.05, 0.1) is 0 Å². The van der Waals surface area contributed by atoms with Crippen molar-refractivity contribution in [1.82, 2.24) is 15.5 Å². The van der Waals surface area contributed by atoms with Crippen molar-refractivity contribution in [3.8, 4) is 0 Å². The Morgan fingerprint density at radius 3 is 1.91 bits per heavy atom. The lowest BCUT2D eigenvalue weighted by molar-refractivity contribution is -0.159. The number of carbonyl (C=O) groups is 4. The van der Waals surface area contributed by atoms with Crippen molar-refractivity contribution in [2.24, 2.45) is 0 Å². The van der Waals surface area contributed by atoms with Crippen molar-refractivity contribution in [2.75, 3.05) is 0 Å². The van der Waals surface area contributed by atoms with Crippen molar-refractivity contribution in [3.05, 3.63) is 70.8 Å². The summed E-state index contributed by atoms with van der Waals surface area (Å²) in [6.07, 6.45) is -0.0346. The molecule has 3 amide bonds. The molecule has 0 aliphatic carbocycles. The summed E-state index contributed by atoms with van der Waals surface area (Å²) in [6.45, 7) is 21.6. The predicted octanol–water partition coefficient (Wildman–Crippen LogP) is 6.34. The second-order valence-electron chi connectivity index (χ2n) is 14.2. The van der Waals surface area contributed by atoms with Crippen LogP contribution in [0.1, 0.15) is 104 Å². The molecule has 0 saturated carbocycles. The first-order valence-electron chi connectivity index (χ1n) is 15.6. The smallest absolute Gasteiger partial charge is 0.408 e. The minimum atomic E-state index is -1.13. The molecule has 9 heteroatoms. The van der Waals surface area contributed by atoms with E-state index in [9.17, 15) is 19.2 Å². The van der Waals surface area contributed by atoms with E-state index in [-0.39, 0.29) is 6.42 Å². The predicted molar refractivity (Wildman–Crippen MR) is 177 cm³/mol. The second-order valence-corrected chi connectivity index (χ2v) is 14.2. The number of carbonyl (C=O) groups excluding carboxylic acids is 4. The molecule has 2 aromatic carbocycles. The summed E-state index contributed by atoms with van der Waals surface area (Å²) in [6, 6.07) is 11.8. The Hall–Kier alpha value is -3.88. The van der Waals surface area contributed by atoms with Crippen LogP contribution in [0.25, 0.3) is 0 Å². The molecule has 45 heavy (non-hydrogen) atoms.